The van der Waals surface area contributed by atoms with Gasteiger partial charge in [-0.05, 0) is 81.3 Å². The number of hydrogen-bond acceptors (Lipinski definition) is 0. The number of para-hydroxylation sites is 1. The first-order valence-corrected chi connectivity index (χ1v) is 14.4. The molecular formula is C40H29N. The van der Waals surface area contributed by atoms with Crippen molar-refractivity contribution in [3.05, 3.63) is 157 Å². The van der Waals surface area contributed by atoms with Crippen LogP contribution in [0.4, 0.5) is 0 Å². The maximum atomic E-state index is 2.45. The lowest BCUT2D eigenvalue weighted by molar-refractivity contribution is 0.888. The van der Waals surface area contributed by atoms with Crippen molar-refractivity contribution in [3.8, 4) is 39.1 Å². The number of benzene rings is 6. The van der Waals surface area contributed by atoms with Gasteiger partial charge in [0.05, 0.1) is 5.52 Å². The van der Waals surface area contributed by atoms with E-state index in [4.69, 9.17) is 0 Å². The molecule has 8 rings (SSSR count). The molecule has 7 aromatic rings. The zero-order chi connectivity index (χ0) is 27.2. The number of allylic oxidation sites excluding steroid dienone is 1. The molecule has 0 bridgehead atoms. The fourth-order valence-electron chi connectivity index (χ4n) is 6.55. The predicted octanol–water partition coefficient (Wildman–Crippen LogP) is 10.7. The Balaban J connectivity index is 1.23. The molecule has 0 spiro atoms. The van der Waals surface area contributed by atoms with E-state index in [1.807, 2.05) is 0 Å². The lowest BCUT2D eigenvalue weighted by Gasteiger charge is -2.13. The van der Waals surface area contributed by atoms with Crippen LogP contribution in [-0.4, -0.2) is 4.57 Å². The summed E-state index contributed by atoms with van der Waals surface area (Å²) in [6, 6.07) is 50.8. The topological polar surface area (TPSA) is 4.93 Å². The zero-order valence-electron chi connectivity index (χ0n) is 22.8. The molecule has 1 aliphatic carbocycles. The zero-order valence-corrected chi connectivity index (χ0v) is 22.8. The highest BCUT2D eigenvalue weighted by atomic mass is 15.0. The van der Waals surface area contributed by atoms with Crippen molar-refractivity contribution >= 4 is 27.8 Å². The Morgan fingerprint density at radius 1 is 0.488 bits per heavy atom. The molecule has 0 N–H and O–H groups in total. The highest BCUT2D eigenvalue weighted by Gasteiger charge is 2.19. The summed E-state index contributed by atoms with van der Waals surface area (Å²) in [6.45, 7) is 0. The summed E-state index contributed by atoms with van der Waals surface area (Å²) in [5.74, 6) is 0. The average Bonchev–Trinajstić information content (AvgIpc) is 3.39. The summed E-state index contributed by atoms with van der Waals surface area (Å²) in [7, 11) is 0. The minimum absolute atomic E-state index is 1.06. The maximum absolute atomic E-state index is 2.45. The third-order valence-corrected chi connectivity index (χ3v) is 8.49. The molecule has 0 amide bonds. The first-order chi connectivity index (χ1) is 20.3. The van der Waals surface area contributed by atoms with Crippen LogP contribution in [-0.2, 0) is 6.42 Å². The summed E-state index contributed by atoms with van der Waals surface area (Å²) >= 11 is 0. The maximum Gasteiger partial charge on any atom is 0.0538 e. The molecule has 0 saturated carbocycles. The molecule has 194 valence electrons. The molecule has 1 heterocycles. The fraction of sp³-hybridized carbons (Fsp3) is 0.0500. The fourth-order valence-corrected chi connectivity index (χ4v) is 6.55. The molecule has 1 aromatic heterocycles. The van der Waals surface area contributed by atoms with Gasteiger partial charge in [-0.15, -0.1) is 0 Å². The third kappa shape index (κ3) is 4.01. The Hall–Kier alpha value is -5.14. The van der Waals surface area contributed by atoms with Crippen molar-refractivity contribution in [3.63, 3.8) is 0 Å². The van der Waals surface area contributed by atoms with Gasteiger partial charge in [-0.2, -0.15) is 0 Å². The van der Waals surface area contributed by atoms with E-state index in [-0.39, 0.29) is 0 Å². The molecule has 0 atom stereocenters. The van der Waals surface area contributed by atoms with E-state index < -0.39 is 0 Å². The van der Waals surface area contributed by atoms with Crippen molar-refractivity contribution in [2.45, 2.75) is 12.8 Å². The van der Waals surface area contributed by atoms with Crippen LogP contribution in [0.25, 0.3) is 66.8 Å². The second kappa shape index (κ2) is 9.80. The molecule has 1 heteroatoms. The number of hydrogen-bond donors (Lipinski definition) is 0. The highest BCUT2D eigenvalue weighted by Crippen LogP contribution is 2.39. The van der Waals surface area contributed by atoms with E-state index in [9.17, 15) is 0 Å². The Morgan fingerprint density at radius 3 is 1.95 bits per heavy atom. The van der Waals surface area contributed by atoms with Gasteiger partial charge in [0.1, 0.15) is 0 Å². The van der Waals surface area contributed by atoms with Crippen LogP contribution in [0.15, 0.2) is 146 Å². The van der Waals surface area contributed by atoms with E-state index in [0.717, 1.165) is 12.8 Å². The molecular weight excluding hydrogens is 494 g/mol. The monoisotopic (exact) mass is 523 g/mol. The van der Waals surface area contributed by atoms with Gasteiger partial charge in [-0.25, -0.2) is 0 Å². The van der Waals surface area contributed by atoms with E-state index in [0.29, 0.717) is 0 Å². The van der Waals surface area contributed by atoms with Gasteiger partial charge in [0.2, 0.25) is 0 Å². The van der Waals surface area contributed by atoms with Gasteiger partial charge in [0, 0.05) is 22.3 Å². The van der Waals surface area contributed by atoms with E-state index in [2.05, 4.69) is 156 Å². The predicted molar refractivity (Wildman–Crippen MR) is 174 cm³/mol. The Labute approximate surface area is 240 Å². The molecule has 0 aliphatic heterocycles. The van der Waals surface area contributed by atoms with Crippen LogP contribution in [0.1, 0.15) is 17.7 Å². The van der Waals surface area contributed by atoms with Crippen LogP contribution in [0, 0.1) is 0 Å². The van der Waals surface area contributed by atoms with Crippen LogP contribution in [0.2, 0.25) is 0 Å². The van der Waals surface area contributed by atoms with E-state index in [1.165, 1.54) is 72.0 Å². The lowest BCUT2D eigenvalue weighted by atomic mass is 9.91. The van der Waals surface area contributed by atoms with Crippen LogP contribution < -0.4 is 0 Å². The number of aromatic nitrogens is 1. The summed E-state index contributed by atoms with van der Waals surface area (Å²) in [4.78, 5) is 0. The second-order valence-electron chi connectivity index (χ2n) is 10.9. The second-order valence-corrected chi connectivity index (χ2v) is 10.9. The molecule has 0 unspecified atom stereocenters. The van der Waals surface area contributed by atoms with Gasteiger partial charge in [0.15, 0.2) is 0 Å². The molecule has 0 fully saturated rings. The SMILES string of the molecule is C1=Cc2c(n(-c3ccccc3)c3ccc(-c4ccccc4-c4ccc(-c5cccc6ccccc56)cc4)cc23)CC1. The Kier molecular flexibility index (Phi) is 5.67. The van der Waals surface area contributed by atoms with E-state index >= 15 is 0 Å². The van der Waals surface area contributed by atoms with Gasteiger partial charge in [-0.3, -0.25) is 0 Å². The standard InChI is InChI=1S/C40H29N/c1-2-13-32(14-3-1)41-39-20-9-8-18-37(39)38-27-31(25-26-40(38)41)36-17-7-6-16-34(36)29-21-23-30(24-22-29)35-19-10-12-28-11-4-5-15-33(28)35/h1-8,10-19,21-27H,9,20H2. The van der Waals surface area contributed by atoms with Crippen molar-refractivity contribution in [1.29, 1.82) is 0 Å². The highest BCUT2D eigenvalue weighted by molar-refractivity contribution is 5.99. The van der Waals surface area contributed by atoms with Crippen molar-refractivity contribution in [2.24, 2.45) is 0 Å². The van der Waals surface area contributed by atoms with Crippen molar-refractivity contribution in [1.82, 2.24) is 4.57 Å². The van der Waals surface area contributed by atoms with Gasteiger partial charge in [-0.1, -0.05) is 127 Å². The van der Waals surface area contributed by atoms with Gasteiger partial charge < -0.3 is 4.57 Å². The Morgan fingerprint density at radius 2 is 1.12 bits per heavy atom. The van der Waals surface area contributed by atoms with Crippen molar-refractivity contribution < 1.29 is 0 Å². The quantitative estimate of drug-likeness (QED) is 0.216. The minimum Gasteiger partial charge on any atom is -0.313 e. The van der Waals surface area contributed by atoms with Gasteiger partial charge >= 0.3 is 0 Å². The smallest absolute Gasteiger partial charge is 0.0538 e. The summed E-state index contributed by atoms with van der Waals surface area (Å²) in [6.07, 6.45) is 6.78. The molecule has 6 aromatic carbocycles. The Bertz CT molecular complexity index is 2070. The largest absolute Gasteiger partial charge is 0.313 e. The first-order valence-electron chi connectivity index (χ1n) is 14.4. The number of nitrogens with zero attached hydrogens (tertiary/aromatic N) is 1. The average molecular weight is 524 g/mol. The normalized spacial score (nSPS) is 12.6. The molecule has 1 nitrogen and oxygen atoms in total. The van der Waals surface area contributed by atoms with Crippen LogP contribution in [0.5, 0.6) is 0 Å². The van der Waals surface area contributed by atoms with Crippen LogP contribution >= 0.6 is 0 Å². The van der Waals surface area contributed by atoms with Gasteiger partial charge in [0.25, 0.3) is 0 Å². The number of rotatable bonds is 4. The summed E-state index contributed by atoms with van der Waals surface area (Å²) < 4.78 is 2.45. The first kappa shape index (κ1) is 23.7. The lowest BCUT2D eigenvalue weighted by Crippen LogP contribution is -2.02. The summed E-state index contributed by atoms with van der Waals surface area (Å²) in [5.41, 5.74) is 12.8. The molecule has 41 heavy (non-hydrogen) atoms. The molecule has 0 saturated heterocycles. The minimum atomic E-state index is 1.06. The van der Waals surface area contributed by atoms with Crippen molar-refractivity contribution in [2.75, 3.05) is 0 Å². The molecule has 0 radical (unpaired) electrons. The van der Waals surface area contributed by atoms with E-state index in [1.54, 1.807) is 0 Å². The van der Waals surface area contributed by atoms with Crippen LogP contribution in [0.3, 0.4) is 0 Å². The summed E-state index contributed by atoms with van der Waals surface area (Å²) in [5, 5.41) is 3.88. The molecule has 1 aliphatic rings. The number of fused-ring (bicyclic) bond motifs is 4. The third-order valence-electron chi connectivity index (χ3n) is 8.49.